The van der Waals surface area contributed by atoms with E-state index in [2.05, 4.69) is 10.0 Å². The van der Waals surface area contributed by atoms with Crippen LogP contribution in [-0.4, -0.2) is 32.9 Å². The predicted octanol–water partition coefficient (Wildman–Crippen LogP) is 2.45. The Morgan fingerprint density at radius 1 is 1.03 bits per heavy atom. The number of sulfonamides is 1. The Balaban J connectivity index is 1.98. The second-order valence-corrected chi connectivity index (χ2v) is 8.15. The molecule has 2 rings (SSSR count). The molecule has 0 fully saturated rings. The number of benzene rings is 2. The number of halogens is 2. The second kappa shape index (κ2) is 9.57. The molecule has 2 aromatic rings. The highest BCUT2D eigenvalue weighted by Gasteiger charge is 2.30. The van der Waals surface area contributed by atoms with E-state index in [9.17, 15) is 26.8 Å². The lowest BCUT2D eigenvalue weighted by Gasteiger charge is -2.20. The summed E-state index contributed by atoms with van der Waals surface area (Å²) in [5.74, 6) is -4.41. The van der Waals surface area contributed by atoms with Crippen LogP contribution in [0.5, 0.6) is 0 Å². The predicted molar refractivity (Wildman–Crippen MR) is 101 cm³/mol. The molecule has 0 aliphatic rings. The fourth-order valence-electron chi connectivity index (χ4n) is 2.29. The number of anilines is 1. The summed E-state index contributed by atoms with van der Waals surface area (Å²) in [6.07, 6.45) is 0. The van der Waals surface area contributed by atoms with Crippen molar-refractivity contribution in [3.8, 4) is 0 Å². The van der Waals surface area contributed by atoms with E-state index in [0.717, 1.165) is 18.2 Å². The zero-order valence-corrected chi connectivity index (χ0v) is 16.5. The largest absolute Gasteiger partial charge is 0.454 e. The molecular weight excluding hydrogens is 406 g/mol. The number of esters is 1. The summed E-state index contributed by atoms with van der Waals surface area (Å²) in [5, 5.41) is 2.25. The van der Waals surface area contributed by atoms with Gasteiger partial charge < -0.3 is 10.1 Å². The number of hydrogen-bond acceptors (Lipinski definition) is 5. The molecule has 0 heterocycles. The van der Waals surface area contributed by atoms with E-state index in [1.54, 1.807) is 32.0 Å². The molecule has 156 valence electrons. The summed E-state index contributed by atoms with van der Waals surface area (Å²) >= 11 is 0. The number of carbonyl (C=O) groups is 2. The van der Waals surface area contributed by atoms with E-state index in [0.29, 0.717) is 0 Å². The van der Waals surface area contributed by atoms with Crippen molar-refractivity contribution in [3.05, 3.63) is 60.2 Å². The number of carbonyl (C=O) groups excluding carboxylic acids is 2. The Hall–Kier alpha value is -2.85. The standard InChI is InChI=1S/C19H20F2N2O5S/c1-12(2)18(23-29(26,27)14-6-4-3-5-7-14)19(25)28-11-17(24)22-13-8-9-15(20)16(21)10-13/h3-10,12,18,23H,11H2,1-2H3,(H,22,24)/t18-/m0/s1. The third-order valence-electron chi connectivity index (χ3n) is 3.81. The monoisotopic (exact) mass is 426 g/mol. The number of rotatable bonds is 8. The normalized spacial score (nSPS) is 12.4. The van der Waals surface area contributed by atoms with Crippen LogP contribution in [0.2, 0.25) is 0 Å². The smallest absolute Gasteiger partial charge is 0.324 e. The maximum absolute atomic E-state index is 13.2. The van der Waals surface area contributed by atoms with Crippen molar-refractivity contribution in [2.45, 2.75) is 24.8 Å². The van der Waals surface area contributed by atoms with E-state index >= 15 is 0 Å². The topological polar surface area (TPSA) is 102 Å². The molecule has 7 nitrogen and oxygen atoms in total. The summed E-state index contributed by atoms with van der Waals surface area (Å²) in [6, 6.07) is 9.02. The third-order valence-corrected chi connectivity index (χ3v) is 5.26. The zero-order chi connectivity index (χ0) is 21.6. The van der Waals surface area contributed by atoms with Gasteiger partial charge in [-0.2, -0.15) is 4.72 Å². The van der Waals surface area contributed by atoms with Crippen LogP contribution in [0.4, 0.5) is 14.5 Å². The lowest BCUT2D eigenvalue weighted by atomic mass is 10.1. The molecule has 0 aliphatic carbocycles. The van der Waals surface area contributed by atoms with Crippen molar-refractivity contribution >= 4 is 27.6 Å². The molecule has 1 atom stereocenters. The van der Waals surface area contributed by atoms with Crippen LogP contribution in [0.25, 0.3) is 0 Å². The van der Waals surface area contributed by atoms with Crippen molar-refractivity contribution in [2.24, 2.45) is 5.92 Å². The van der Waals surface area contributed by atoms with Crippen molar-refractivity contribution < 1.29 is 31.5 Å². The Labute approximate surface area is 167 Å². The summed E-state index contributed by atoms with van der Waals surface area (Å²) < 4.78 is 58.1. The molecule has 1 amide bonds. The van der Waals surface area contributed by atoms with Crippen LogP contribution >= 0.6 is 0 Å². The van der Waals surface area contributed by atoms with Gasteiger partial charge in [0.2, 0.25) is 10.0 Å². The van der Waals surface area contributed by atoms with Crippen molar-refractivity contribution in [2.75, 3.05) is 11.9 Å². The molecular formula is C19H20F2N2O5S. The Bertz CT molecular complexity index is 981. The number of hydrogen-bond donors (Lipinski definition) is 2. The van der Waals surface area contributed by atoms with E-state index in [1.165, 1.54) is 12.1 Å². The van der Waals surface area contributed by atoms with Gasteiger partial charge in [0.25, 0.3) is 5.91 Å². The molecule has 2 N–H and O–H groups in total. The van der Waals surface area contributed by atoms with Gasteiger partial charge in [-0.15, -0.1) is 0 Å². The van der Waals surface area contributed by atoms with Gasteiger partial charge in [-0.05, 0) is 30.2 Å². The fraction of sp³-hybridized carbons (Fsp3) is 0.263. The fourth-order valence-corrected chi connectivity index (χ4v) is 3.64. The van der Waals surface area contributed by atoms with Gasteiger partial charge in [0, 0.05) is 11.8 Å². The van der Waals surface area contributed by atoms with Gasteiger partial charge in [0.15, 0.2) is 18.2 Å². The van der Waals surface area contributed by atoms with Crippen LogP contribution in [0, 0.1) is 17.6 Å². The van der Waals surface area contributed by atoms with Crippen molar-refractivity contribution in [1.82, 2.24) is 4.72 Å². The summed E-state index contributed by atoms with van der Waals surface area (Å²) in [7, 11) is -3.97. The van der Waals surface area contributed by atoms with E-state index < -0.39 is 52.1 Å². The van der Waals surface area contributed by atoms with Crippen LogP contribution in [-0.2, 0) is 24.3 Å². The molecule has 2 aromatic carbocycles. The molecule has 10 heteroatoms. The number of amides is 1. The van der Waals surface area contributed by atoms with Crippen LogP contribution in [0.15, 0.2) is 53.4 Å². The second-order valence-electron chi connectivity index (χ2n) is 6.44. The van der Waals surface area contributed by atoms with Gasteiger partial charge in [-0.1, -0.05) is 32.0 Å². The average molecular weight is 426 g/mol. The molecule has 0 bridgehead atoms. The molecule has 0 radical (unpaired) electrons. The minimum atomic E-state index is -3.97. The number of nitrogens with one attached hydrogen (secondary N) is 2. The van der Waals surface area contributed by atoms with Crippen molar-refractivity contribution in [3.63, 3.8) is 0 Å². The summed E-state index contributed by atoms with van der Waals surface area (Å²) in [6.45, 7) is 2.50. The molecule has 29 heavy (non-hydrogen) atoms. The Kier molecular flexibility index (Phi) is 7.40. The highest BCUT2D eigenvalue weighted by atomic mass is 32.2. The summed E-state index contributed by atoms with van der Waals surface area (Å²) in [5.41, 5.74) is -0.0184. The lowest BCUT2D eigenvalue weighted by molar-refractivity contribution is -0.150. The van der Waals surface area contributed by atoms with Gasteiger partial charge >= 0.3 is 5.97 Å². The Morgan fingerprint density at radius 3 is 2.28 bits per heavy atom. The van der Waals surface area contributed by atoms with Gasteiger partial charge in [0.05, 0.1) is 4.90 Å². The zero-order valence-electron chi connectivity index (χ0n) is 15.7. The summed E-state index contributed by atoms with van der Waals surface area (Å²) in [4.78, 5) is 24.2. The third kappa shape index (κ3) is 6.33. The highest BCUT2D eigenvalue weighted by molar-refractivity contribution is 7.89. The first-order chi connectivity index (χ1) is 13.6. The highest BCUT2D eigenvalue weighted by Crippen LogP contribution is 2.14. The quantitative estimate of drug-likeness (QED) is 0.632. The first-order valence-electron chi connectivity index (χ1n) is 8.59. The van der Waals surface area contributed by atoms with Crippen LogP contribution in [0.3, 0.4) is 0 Å². The maximum Gasteiger partial charge on any atom is 0.324 e. The van der Waals surface area contributed by atoms with Crippen molar-refractivity contribution in [1.29, 1.82) is 0 Å². The molecule has 0 unspecified atom stereocenters. The molecule has 0 saturated carbocycles. The van der Waals surface area contributed by atoms with Gasteiger partial charge in [-0.25, -0.2) is 17.2 Å². The molecule has 0 aliphatic heterocycles. The number of ether oxygens (including phenoxy) is 1. The van der Waals surface area contributed by atoms with Crippen LogP contribution in [0.1, 0.15) is 13.8 Å². The van der Waals surface area contributed by atoms with Gasteiger partial charge in [-0.3, -0.25) is 9.59 Å². The van der Waals surface area contributed by atoms with E-state index in [4.69, 9.17) is 4.74 Å². The first kappa shape index (κ1) is 22.4. The van der Waals surface area contributed by atoms with Crippen LogP contribution < -0.4 is 10.0 Å². The minimum Gasteiger partial charge on any atom is -0.454 e. The molecule has 0 aromatic heterocycles. The van der Waals surface area contributed by atoms with E-state index in [1.807, 2.05) is 0 Å². The lowest BCUT2D eigenvalue weighted by Crippen LogP contribution is -2.45. The first-order valence-corrected chi connectivity index (χ1v) is 10.1. The Morgan fingerprint density at radius 2 is 1.69 bits per heavy atom. The maximum atomic E-state index is 13.2. The average Bonchev–Trinajstić information content (AvgIpc) is 2.67. The van der Waals surface area contributed by atoms with E-state index in [-0.39, 0.29) is 10.6 Å². The minimum absolute atomic E-state index is 0.0184. The molecule has 0 saturated heterocycles. The van der Waals surface area contributed by atoms with Gasteiger partial charge in [0.1, 0.15) is 6.04 Å². The molecule has 0 spiro atoms. The SMILES string of the molecule is CC(C)[C@H](NS(=O)(=O)c1ccccc1)C(=O)OCC(=O)Nc1ccc(F)c(F)c1.